The van der Waals surface area contributed by atoms with Gasteiger partial charge in [-0.25, -0.2) is 0 Å². The second-order valence-electron chi connectivity index (χ2n) is 2.91. The minimum atomic E-state index is -0.114. The predicted octanol–water partition coefficient (Wildman–Crippen LogP) is 2.26. The summed E-state index contributed by atoms with van der Waals surface area (Å²) in [6, 6.07) is 0. The maximum absolute atomic E-state index is 5.37. The number of hydrogen-bond acceptors (Lipinski definition) is 1. The third-order valence-electron chi connectivity index (χ3n) is 1.71. The SMILES string of the molecule is C=C1C=C(C)C(C)(C)O1. The lowest BCUT2D eigenvalue weighted by atomic mass is 10.0. The molecule has 1 nitrogen and oxygen atoms in total. The number of ether oxygens (including phenoxy) is 1. The van der Waals surface area contributed by atoms with Gasteiger partial charge in [-0.3, -0.25) is 0 Å². The van der Waals surface area contributed by atoms with Crippen LogP contribution >= 0.6 is 0 Å². The van der Waals surface area contributed by atoms with E-state index in [0.717, 1.165) is 5.76 Å². The molecule has 9 heavy (non-hydrogen) atoms. The Morgan fingerprint density at radius 2 is 2.11 bits per heavy atom. The highest BCUT2D eigenvalue weighted by molar-refractivity contribution is 5.28. The van der Waals surface area contributed by atoms with Crippen LogP contribution in [0.25, 0.3) is 0 Å². The van der Waals surface area contributed by atoms with Gasteiger partial charge in [-0.05, 0) is 32.4 Å². The Labute approximate surface area is 56.0 Å². The molecule has 50 valence electrons. The molecule has 0 atom stereocenters. The molecule has 1 rings (SSSR count). The van der Waals surface area contributed by atoms with Gasteiger partial charge in [0.2, 0.25) is 0 Å². The maximum Gasteiger partial charge on any atom is 0.125 e. The monoisotopic (exact) mass is 124 g/mol. The molecule has 1 heterocycles. The summed E-state index contributed by atoms with van der Waals surface area (Å²) in [5.74, 6) is 0.775. The van der Waals surface area contributed by atoms with Crippen molar-refractivity contribution in [1.82, 2.24) is 0 Å². The van der Waals surface area contributed by atoms with Gasteiger partial charge in [0.15, 0.2) is 0 Å². The lowest BCUT2D eigenvalue weighted by molar-refractivity contribution is 0.0949. The topological polar surface area (TPSA) is 9.23 Å². The summed E-state index contributed by atoms with van der Waals surface area (Å²) >= 11 is 0. The predicted molar refractivity (Wildman–Crippen MR) is 38.1 cm³/mol. The average Bonchev–Trinajstić information content (AvgIpc) is 1.79. The smallest absolute Gasteiger partial charge is 0.125 e. The molecule has 1 heteroatoms. The fourth-order valence-electron chi connectivity index (χ4n) is 0.853. The molecule has 0 spiro atoms. The van der Waals surface area contributed by atoms with Crippen LogP contribution in [-0.2, 0) is 4.74 Å². The Hall–Kier alpha value is -0.720. The van der Waals surface area contributed by atoms with Crippen LogP contribution < -0.4 is 0 Å². The first-order valence-corrected chi connectivity index (χ1v) is 3.09. The first-order valence-electron chi connectivity index (χ1n) is 3.09. The largest absolute Gasteiger partial charge is 0.484 e. The van der Waals surface area contributed by atoms with E-state index in [1.165, 1.54) is 5.57 Å². The zero-order valence-corrected chi connectivity index (χ0v) is 6.19. The van der Waals surface area contributed by atoms with Gasteiger partial charge in [0.1, 0.15) is 11.4 Å². The van der Waals surface area contributed by atoms with Crippen molar-refractivity contribution in [1.29, 1.82) is 0 Å². The zero-order chi connectivity index (χ0) is 7.07. The van der Waals surface area contributed by atoms with Crippen molar-refractivity contribution >= 4 is 0 Å². The van der Waals surface area contributed by atoms with E-state index in [9.17, 15) is 0 Å². The molecule has 0 aromatic carbocycles. The van der Waals surface area contributed by atoms with Crippen molar-refractivity contribution in [3.63, 3.8) is 0 Å². The standard InChI is InChI=1S/C8H12O/c1-6-5-7(2)9-8(6,3)4/h5H,2H2,1,3-4H3. The third-order valence-corrected chi connectivity index (χ3v) is 1.71. The molecule has 0 saturated heterocycles. The molecule has 0 N–H and O–H groups in total. The highest BCUT2D eigenvalue weighted by Crippen LogP contribution is 2.30. The van der Waals surface area contributed by atoms with Crippen LogP contribution in [-0.4, -0.2) is 5.60 Å². The van der Waals surface area contributed by atoms with Crippen LogP contribution in [0, 0.1) is 0 Å². The van der Waals surface area contributed by atoms with E-state index in [-0.39, 0.29) is 5.60 Å². The molecule has 0 aliphatic carbocycles. The molecule has 0 amide bonds. The van der Waals surface area contributed by atoms with Crippen molar-refractivity contribution < 1.29 is 4.74 Å². The highest BCUT2D eigenvalue weighted by atomic mass is 16.5. The lowest BCUT2D eigenvalue weighted by Gasteiger charge is -2.19. The van der Waals surface area contributed by atoms with Crippen LogP contribution in [0.15, 0.2) is 24.0 Å². The molecular formula is C8H12O. The van der Waals surface area contributed by atoms with Crippen LogP contribution in [0.2, 0.25) is 0 Å². The van der Waals surface area contributed by atoms with Crippen molar-refractivity contribution in [2.45, 2.75) is 26.4 Å². The number of allylic oxidation sites excluding steroid dienone is 1. The van der Waals surface area contributed by atoms with Gasteiger partial charge >= 0.3 is 0 Å². The van der Waals surface area contributed by atoms with Crippen LogP contribution in [0.5, 0.6) is 0 Å². The van der Waals surface area contributed by atoms with Gasteiger partial charge in [0.05, 0.1) is 0 Å². The molecule has 0 bridgehead atoms. The molecule has 0 radical (unpaired) electrons. The summed E-state index contributed by atoms with van der Waals surface area (Å²) in [5, 5.41) is 0. The minimum absolute atomic E-state index is 0.114. The van der Waals surface area contributed by atoms with Gasteiger partial charge in [0, 0.05) is 0 Å². The quantitative estimate of drug-likeness (QED) is 0.481. The second-order valence-corrected chi connectivity index (χ2v) is 2.91. The van der Waals surface area contributed by atoms with Crippen molar-refractivity contribution in [3.05, 3.63) is 24.0 Å². The zero-order valence-electron chi connectivity index (χ0n) is 6.19. The summed E-state index contributed by atoms with van der Waals surface area (Å²) in [7, 11) is 0. The first-order chi connectivity index (χ1) is 4.02. The summed E-state index contributed by atoms with van der Waals surface area (Å²) in [5.41, 5.74) is 1.13. The summed E-state index contributed by atoms with van der Waals surface area (Å²) in [4.78, 5) is 0. The number of hydrogen-bond donors (Lipinski definition) is 0. The Balaban J connectivity index is 2.89. The van der Waals surface area contributed by atoms with Gasteiger partial charge in [0.25, 0.3) is 0 Å². The summed E-state index contributed by atoms with van der Waals surface area (Å²) in [6.07, 6.45) is 1.97. The molecular weight excluding hydrogens is 112 g/mol. The van der Waals surface area contributed by atoms with Gasteiger partial charge in [-0.15, -0.1) is 0 Å². The van der Waals surface area contributed by atoms with Crippen LogP contribution in [0.1, 0.15) is 20.8 Å². The summed E-state index contributed by atoms with van der Waals surface area (Å²) < 4.78 is 5.37. The average molecular weight is 124 g/mol. The molecule has 0 unspecified atom stereocenters. The van der Waals surface area contributed by atoms with E-state index < -0.39 is 0 Å². The Bertz CT molecular complexity index is 175. The second kappa shape index (κ2) is 1.63. The summed E-state index contributed by atoms with van der Waals surface area (Å²) in [6.45, 7) is 9.83. The Morgan fingerprint density at radius 1 is 1.56 bits per heavy atom. The van der Waals surface area contributed by atoms with Crippen LogP contribution in [0.4, 0.5) is 0 Å². The fourth-order valence-corrected chi connectivity index (χ4v) is 0.853. The van der Waals surface area contributed by atoms with E-state index in [1.807, 2.05) is 19.9 Å². The maximum atomic E-state index is 5.37. The molecule has 0 aromatic rings. The van der Waals surface area contributed by atoms with Crippen molar-refractivity contribution in [2.75, 3.05) is 0 Å². The third kappa shape index (κ3) is 0.995. The molecule has 1 aliphatic rings. The molecule has 1 aliphatic heterocycles. The van der Waals surface area contributed by atoms with Crippen molar-refractivity contribution in [3.8, 4) is 0 Å². The number of rotatable bonds is 0. The van der Waals surface area contributed by atoms with Crippen molar-refractivity contribution in [2.24, 2.45) is 0 Å². The van der Waals surface area contributed by atoms with E-state index in [2.05, 4.69) is 13.5 Å². The molecule has 0 fully saturated rings. The van der Waals surface area contributed by atoms with E-state index in [4.69, 9.17) is 4.74 Å². The highest BCUT2D eigenvalue weighted by Gasteiger charge is 2.27. The minimum Gasteiger partial charge on any atom is -0.484 e. The van der Waals surface area contributed by atoms with E-state index >= 15 is 0 Å². The normalized spacial score (nSPS) is 23.4. The molecule has 0 saturated carbocycles. The van der Waals surface area contributed by atoms with E-state index in [1.54, 1.807) is 0 Å². The molecule has 0 aromatic heterocycles. The fraction of sp³-hybridized carbons (Fsp3) is 0.500. The van der Waals surface area contributed by atoms with Gasteiger partial charge in [-0.2, -0.15) is 0 Å². The Morgan fingerprint density at radius 3 is 2.22 bits per heavy atom. The Kier molecular flexibility index (Phi) is 1.16. The lowest BCUT2D eigenvalue weighted by Crippen LogP contribution is -2.19. The van der Waals surface area contributed by atoms with Gasteiger partial charge < -0.3 is 4.74 Å². The first kappa shape index (κ1) is 6.40. The van der Waals surface area contributed by atoms with Gasteiger partial charge in [-0.1, -0.05) is 6.58 Å². The van der Waals surface area contributed by atoms with E-state index in [0.29, 0.717) is 0 Å². The van der Waals surface area contributed by atoms with Crippen LogP contribution in [0.3, 0.4) is 0 Å².